The van der Waals surface area contributed by atoms with Crippen molar-refractivity contribution in [1.29, 1.82) is 0 Å². The van der Waals surface area contributed by atoms with Gasteiger partial charge in [0.25, 0.3) is 0 Å². The van der Waals surface area contributed by atoms with Crippen LogP contribution in [-0.4, -0.2) is 11.4 Å². The van der Waals surface area contributed by atoms with Gasteiger partial charge in [0.15, 0.2) is 5.60 Å². The third-order valence-electron chi connectivity index (χ3n) is 2.77. The van der Waals surface area contributed by atoms with Crippen LogP contribution in [-0.2, 0) is 19.9 Å². The molecule has 1 heterocycles. The summed E-state index contributed by atoms with van der Waals surface area (Å²) in [6.07, 6.45) is 4.61. The lowest BCUT2D eigenvalue weighted by Gasteiger charge is -2.45. The second kappa shape index (κ2) is 3.16. The zero-order valence-corrected chi connectivity index (χ0v) is 7.32. The molecular formula is C7H14N2O4. The van der Waals surface area contributed by atoms with Crippen molar-refractivity contribution >= 4 is 0 Å². The van der Waals surface area contributed by atoms with E-state index in [1.165, 1.54) is 0 Å². The summed E-state index contributed by atoms with van der Waals surface area (Å²) in [4.78, 5) is 9.69. The summed E-state index contributed by atoms with van der Waals surface area (Å²) in [7, 11) is 0. The third-order valence-corrected chi connectivity index (χ3v) is 2.77. The van der Waals surface area contributed by atoms with E-state index in [4.69, 9.17) is 16.4 Å². The summed E-state index contributed by atoms with van der Waals surface area (Å²) in [6.45, 7) is 0. The Kier molecular flexibility index (Phi) is 2.26. The highest BCUT2D eigenvalue weighted by molar-refractivity contribution is 4.95. The molecule has 4 N–H and O–H groups in total. The van der Waals surface area contributed by atoms with Gasteiger partial charge in [0, 0.05) is 0 Å². The minimum absolute atomic E-state index is 0.726. The molecule has 13 heavy (non-hydrogen) atoms. The molecule has 1 aliphatic heterocycles. The molecule has 6 heteroatoms. The van der Waals surface area contributed by atoms with Crippen molar-refractivity contribution in [2.45, 2.75) is 43.6 Å². The van der Waals surface area contributed by atoms with Crippen LogP contribution < -0.4 is 11.5 Å². The van der Waals surface area contributed by atoms with E-state index in [-0.39, 0.29) is 0 Å². The second-order valence-corrected chi connectivity index (χ2v) is 3.65. The molecule has 0 radical (unpaired) electrons. The van der Waals surface area contributed by atoms with Crippen molar-refractivity contribution in [3.8, 4) is 0 Å². The van der Waals surface area contributed by atoms with Gasteiger partial charge in [-0.15, -0.1) is 0 Å². The molecule has 0 bridgehead atoms. The van der Waals surface area contributed by atoms with Crippen molar-refractivity contribution in [2.24, 2.45) is 11.5 Å². The smallest absolute Gasteiger partial charge is 0.239 e. The van der Waals surface area contributed by atoms with Crippen molar-refractivity contribution in [3.63, 3.8) is 0 Å². The fourth-order valence-corrected chi connectivity index (χ4v) is 1.89. The highest BCUT2D eigenvalue weighted by atomic mass is 17.7. The minimum Gasteiger partial charge on any atom is -0.286 e. The van der Waals surface area contributed by atoms with Gasteiger partial charge in [0.1, 0.15) is 0 Å². The van der Waals surface area contributed by atoms with E-state index in [0.717, 1.165) is 32.1 Å². The van der Waals surface area contributed by atoms with Crippen LogP contribution in [0, 0.1) is 0 Å². The predicted octanol–water partition coefficient (Wildman–Crippen LogP) is 0.0855. The van der Waals surface area contributed by atoms with E-state index in [9.17, 15) is 0 Å². The maximum Gasteiger partial charge on any atom is 0.239 e. The first-order valence-electron chi connectivity index (χ1n) is 4.44. The Morgan fingerprint density at radius 1 is 0.846 bits per heavy atom. The average molecular weight is 190 g/mol. The van der Waals surface area contributed by atoms with Crippen LogP contribution in [0.4, 0.5) is 0 Å². The number of nitrogens with two attached hydrogens (primary N) is 2. The molecule has 1 spiro atoms. The molecule has 1 aliphatic carbocycles. The first-order valence-corrected chi connectivity index (χ1v) is 4.44. The molecule has 0 atom stereocenters. The normalized spacial score (nSPS) is 31.8. The van der Waals surface area contributed by atoms with E-state index in [1.807, 2.05) is 0 Å². The first kappa shape index (κ1) is 9.32. The molecule has 0 aromatic heterocycles. The minimum atomic E-state index is -1.42. The van der Waals surface area contributed by atoms with Crippen LogP contribution in [0.1, 0.15) is 32.1 Å². The zero-order chi connectivity index (χ0) is 9.36. The van der Waals surface area contributed by atoms with E-state index in [0.29, 0.717) is 0 Å². The van der Waals surface area contributed by atoms with Crippen molar-refractivity contribution in [1.82, 2.24) is 0 Å². The Balaban J connectivity index is 2.16. The first-order chi connectivity index (χ1) is 6.16. The van der Waals surface area contributed by atoms with Crippen molar-refractivity contribution < 1.29 is 19.9 Å². The molecule has 0 unspecified atom stereocenters. The fourth-order valence-electron chi connectivity index (χ4n) is 1.89. The quantitative estimate of drug-likeness (QED) is 0.415. The van der Waals surface area contributed by atoms with Crippen LogP contribution in [0.3, 0.4) is 0 Å². The highest BCUT2D eigenvalue weighted by Gasteiger charge is 2.55. The largest absolute Gasteiger partial charge is 0.286 e. The van der Waals surface area contributed by atoms with E-state index in [1.54, 1.807) is 0 Å². The Morgan fingerprint density at radius 2 is 1.46 bits per heavy atom. The van der Waals surface area contributed by atoms with Gasteiger partial charge in [-0.3, -0.25) is 11.5 Å². The highest BCUT2D eigenvalue weighted by Crippen LogP contribution is 2.39. The fraction of sp³-hybridized carbons (Fsp3) is 1.00. The van der Waals surface area contributed by atoms with Gasteiger partial charge in [-0.25, -0.2) is 0 Å². The van der Waals surface area contributed by atoms with Crippen molar-refractivity contribution in [2.75, 3.05) is 0 Å². The number of rotatable bonds is 0. The summed E-state index contributed by atoms with van der Waals surface area (Å²) in [5, 5.41) is 8.46. The Hall–Kier alpha value is -0.240. The van der Waals surface area contributed by atoms with Gasteiger partial charge in [-0.05, 0) is 22.9 Å². The summed E-state index contributed by atoms with van der Waals surface area (Å²) >= 11 is 0. The maximum atomic E-state index is 5.71. The molecule has 1 saturated heterocycles. The number of hydrogen-bond acceptors (Lipinski definition) is 6. The third kappa shape index (κ3) is 1.45. The Bertz CT molecular complexity index is 183. The van der Waals surface area contributed by atoms with Gasteiger partial charge in [-0.1, -0.05) is 19.3 Å². The van der Waals surface area contributed by atoms with Gasteiger partial charge in [-0.2, -0.15) is 9.78 Å². The Labute approximate surface area is 75.8 Å². The van der Waals surface area contributed by atoms with Crippen molar-refractivity contribution in [3.05, 3.63) is 0 Å². The topological polar surface area (TPSA) is 89.0 Å². The Morgan fingerprint density at radius 3 is 2.08 bits per heavy atom. The molecule has 2 rings (SSSR count). The zero-order valence-electron chi connectivity index (χ0n) is 7.32. The monoisotopic (exact) mass is 190 g/mol. The molecule has 0 aromatic carbocycles. The second-order valence-electron chi connectivity index (χ2n) is 3.65. The molecular weight excluding hydrogens is 176 g/mol. The molecule has 6 nitrogen and oxygen atoms in total. The molecule has 2 fully saturated rings. The summed E-state index contributed by atoms with van der Waals surface area (Å²) < 4.78 is 0. The van der Waals surface area contributed by atoms with E-state index in [2.05, 4.69) is 15.0 Å². The van der Waals surface area contributed by atoms with Crippen LogP contribution in [0.5, 0.6) is 0 Å². The number of hydrogen-bond donors (Lipinski definition) is 2. The standard InChI is InChI=1S/C7H14N2O4/c8-7(9)6(10-12-13-11-7)4-2-1-3-5-6/h1-5,8-9H2. The lowest BCUT2D eigenvalue weighted by molar-refractivity contribution is -0.720. The summed E-state index contributed by atoms with van der Waals surface area (Å²) in [5.41, 5.74) is 10.7. The molecule has 76 valence electrons. The lowest BCUT2D eigenvalue weighted by Crippen LogP contribution is -2.71. The van der Waals surface area contributed by atoms with E-state index < -0.39 is 11.4 Å². The van der Waals surface area contributed by atoms with Gasteiger partial charge < -0.3 is 0 Å². The molecule has 0 amide bonds. The van der Waals surface area contributed by atoms with Gasteiger partial charge in [0.2, 0.25) is 5.85 Å². The van der Waals surface area contributed by atoms with Crippen LogP contribution >= 0.6 is 0 Å². The lowest BCUT2D eigenvalue weighted by atomic mass is 9.81. The SMILES string of the molecule is NC1(N)OOOOC12CCCCC2. The van der Waals surface area contributed by atoms with Crippen LogP contribution in [0.15, 0.2) is 0 Å². The summed E-state index contributed by atoms with van der Waals surface area (Å²) in [6, 6.07) is 0. The predicted molar refractivity (Wildman–Crippen MR) is 41.3 cm³/mol. The molecule has 2 aliphatic rings. The van der Waals surface area contributed by atoms with Crippen LogP contribution in [0.25, 0.3) is 0 Å². The van der Waals surface area contributed by atoms with E-state index >= 15 is 0 Å². The molecule has 1 saturated carbocycles. The maximum absolute atomic E-state index is 5.71. The van der Waals surface area contributed by atoms with Gasteiger partial charge in [0.05, 0.1) is 0 Å². The van der Waals surface area contributed by atoms with Gasteiger partial charge >= 0.3 is 0 Å². The molecule has 0 aromatic rings. The summed E-state index contributed by atoms with van der Waals surface area (Å²) in [5.74, 6) is -1.42. The van der Waals surface area contributed by atoms with Crippen LogP contribution in [0.2, 0.25) is 0 Å². The average Bonchev–Trinajstić information content (AvgIpc) is 2.12.